The molecule has 1 heterocycles. The zero-order valence-electron chi connectivity index (χ0n) is 17.5. The molecule has 2 aromatic rings. The fourth-order valence-corrected chi connectivity index (χ4v) is 3.43. The summed E-state index contributed by atoms with van der Waals surface area (Å²) in [4.78, 5) is 25.6. The molecule has 0 spiro atoms. The largest absolute Gasteiger partial charge is 0.418 e. The van der Waals surface area contributed by atoms with Crippen molar-refractivity contribution in [2.45, 2.75) is 25.7 Å². The second kappa shape index (κ2) is 10.5. The number of carbonyl (C=O) groups excluding carboxylic acids is 2. The van der Waals surface area contributed by atoms with E-state index in [0.717, 1.165) is 25.2 Å². The Morgan fingerprint density at radius 1 is 1.12 bits per heavy atom. The molecule has 10 heteroatoms. The predicted octanol–water partition coefficient (Wildman–Crippen LogP) is 3.69. The number of benzene rings is 2. The minimum absolute atomic E-state index is 0.00936. The molecule has 2 aromatic carbocycles. The van der Waals surface area contributed by atoms with Crippen LogP contribution in [0.25, 0.3) is 0 Å². The van der Waals surface area contributed by atoms with Gasteiger partial charge in [0.2, 0.25) is 5.91 Å². The fourth-order valence-electron chi connectivity index (χ4n) is 3.43. The number of amides is 3. The first-order valence-corrected chi connectivity index (χ1v) is 10.1. The molecule has 3 N–H and O–H groups in total. The van der Waals surface area contributed by atoms with Crippen molar-refractivity contribution in [3.05, 3.63) is 59.7 Å². The summed E-state index contributed by atoms with van der Waals surface area (Å²) in [5.41, 5.74) is -0.299. The molecule has 3 amide bonds. The zero-order chi connectivity index (χ0) is 23.1. The second-order valence-electron chi connectivity index (χ2n) is 7.49. The number of nitrogens with zero attached hydrogens (tertiary/aromatic N) is 1. The molecule has 1 aliphatic heterocycles. The predicted molar refractivity (Wildman–Crippen MR) is 114 cm³/mol. The third kappa shape index (κ3) is 6.96. The topological polar surface area (TPSA) is 82.7 Å². The first-order valence-electron chi connectivity index (χ1n) is 10.1. The average molecular weight is 450 g/mol. The Kier molecular flexibility index (Phi) is 7.70. The number of morpholine rings is 1. The van der Waals surface area contributed by atoms with E-state index in [1.54, 1.807) is 0 Å². The van der Waals surface area contributed by atoms with Gasteiger partial charge in [0.05, 0.1) is 24.0 Å². The summed E-state index contributed by atoms with van der Waals surface area (Å²) < 4.78 is 45.9. The summed E-state index contributed by atoms with van der Waals surface area (Å²) in [7, 11) is 0. The summed E-state index contributed by atoms with van der Waals surface area (Å²) in [6.07, 6.45) is -4.98. The Morgan fingerprint density at radius 3 is 2.56 bits per heavy atom. The molecule has 0 radical (unpaired) electrons. The Labute approximate surface area is 183 Å². The van der Waals surface area contributed by atoms with E-state index in [1.165, 1.54) is 18.6 Å². The molecule has 1 fully saturated rings. The number of nitrogens with one attached hydrogen (secondary N) is 3. The maximum absolute atomic E-state index is 13.4. The number of urea groups is 1. The van der Waals surface area contributed by atoms with Gasteiger partial charge in [-0.25, -0.2) is 4.79 Å². The average Bonchev–Trinajstić information content (AvgIpc) is 2.73. The van der Waals surface area contributed by atoms with Crippen LogP contribution in [0.3, 0.4) is 0 Å². The normalized spacial score (nSPS) is 16.9. The van der Waals surface area contributed by atoms with Crippen LogP contribution in [0.5, 0.6) is 0 Å². The lowest BCUT2D eigenvalue weighted by atomic mass is 10.1. The van der Waals surface area contributed by atoms with Crippen LogP contribution in [0.15, 0.2) is 48.5 Å². The number of anilines is 2. The second-order valence-corrected chi connectivity index (χ2v) is 7.49. The van der Waals surface area contributed by atoms with Gasteiger partial charge in [-0.05, 0) is 23.8 Å². The van der Waals surface area contributed by atoms with Gasteiger partial charge < -0.3 is 20.7 Å². The lowest BCUT2D eigenvalue weighted by molar-refractivity contribution is -0.137. The van der Waals surface area contributed by atoms with Gasteiger partial charge in [-0.1, -0.05) is 30.3 Å². The lowest BCUT2D eigenvalue weighted by Gasteiger charge is -2.33. The maximum atomic E-state index is 13.4. The highest BCUT2D eigenvalue weighted by Crippen LogP contribution is 2.36. The van der Waals surface area contributed by atoms with E-state index in [0.29, 0.717) is 13.2 Å². The van der Waals surface area contributed by atoms with Crippen molar-refractivity contribution in [2.24, 2.45) is 0 Å². The van der Waals surface area contributed by atoms with Gasteiger partial charge in [-0.15, -0.1) is 0 Å². The lowest BCUT2D eigenvalue weighted by Crippen LogP contribution is -2.47. The summed E-state index contributed by atoms with van der Waals surface area (Å²) in [5, 5.41) is 7.11. The minimum Gasteiger partial charge on any atom is -0.374 e. The number of hydrogen-bond donors (Lipinski definition) is 3. The SMILES string of the molecule is CC(=O)Nc1ccc(NC(=O)NCC2CN(Cc3ccccc3)CCO2)c(C(F)(F)F)c1. The van der Waals surface area contributed by atoms with Crippen LogP contribution in [-0.4, -0.2) is 49.2 Å². The van der Waals surface area contributed by atoms with Gasteiger partial charge in [0, 0.05) is 38.8 Å². The number of alkyl halides is 3. The monoisotopic (exact) mass is 450 g/mol. The summed E-state index contributed by atoms with van der Waals surface area (Å²) in [5.74, 6) is -0.495. The van der Waals surface area contributed by atoms with Crippen molar-refractivity contribution in [1.82, 2.24) is 10.2 Å². The molecular formula is C22H25F3N4O3. The molecule has 1 atom stereocenters. The van der Waals surface area contributed by atoms with Crippen molar-refractivity contribution < 1.29 is 27.5 Å². The van der Waals surface area contributed by atoms with Crippen molar-refractivity contribution in [3.8, 4) is 0 Å². The Balaban J connectivity index is 1.55. The zero-order valence-corrected chi connectivity index (χ0v) is 17.5. The van der Waals surface area contributed by atoms with Gasteiger partial charge in [0.1, 0.15) is 0 Å². The van der Waals surface area contributed by atoms with Crippen LogP contribution in [0.4, 0.5) is 29.3 Å². The van der Waals surface area contributed by atoms with Crippen LogP contribution < -0.4 is 16.0 Å². The Bertz CT molecular complexity index is 938. The molecule has 1 aliphatic rings. The van der Waals surface area contributed by atoms with Gasteiger partial charge in [-0.2, -0.15) is 13.2 Å². The third-order valence-electron chi connectivity index (χ3n) is 4.86. The quantitative estimate of drug-likeness (QED) is 0.627. The maximum Gasteiger partial charge on any atom is 0.418 e. The van der Waals surface area contributed by atoms with E-state index in [9.17, 15) is 22.8 Å². The molecule has 32 heavy (non-hydrogen) atoms. The van der Waals surface area contributed by atoms with Crippen LogP contribution >= 0.6 is 0 Å². The highest BCUT2D eigenvalue weighted by Gasteiger charge is 2.34. The fraction of sp³-hybridized carbons (Fsp3) is 0.364. The van der Waals surface area contributed by atoms with E-state index < -0.39 is 29.4 Å². The molecule has 0 aromatic heterocycles. The van der Waals surface area contributed by atoms with Crippen molar-refractivity contribution in [2.75, 3.05) is 36.9 Å². The molecular weight excluding hydrogens is 425 g/mol. The Hall–Kier alpha value is -3.11. The number of ether oxygens (including phenoxy) is 1. The molecule has 172 valence electrons. The van der Waals surface area contributed by atoms with Crippen LogP contribution in [-0.2, 0) is 22.3 Å². The van der Waals surface area contributed by atoms with E-state index in [4.69, 9.17) is 4.74 Å². The van der Waals surface area contributed by atoms with E-state index in [-0.39, 0.29) is 18.3 Å². The van der Waals surface area contributed by atoms with Gasteiger partial charge in [0.25, 0.3) is 0 Å². The molecule has 7 nitrogen and oxygen atoms in total. The Morgan fingerprint density at radius 2 is 1.88 bits per heavy atom. The van der Waals surface area contributed by atoms with E-state index >= 15 is 0 Å². The molecule has 1 saturated heterocycles. The van der Waals surface area contributed by atoms with E-state index in [2.05, 4.69) is 20.9 Å². The van der Waals surface area contributed by atoms with Crippen LogP contribution in [0.2, 0.25) is 0 Å². The first-order chi connectivity index (χ1) is 15.2. The summed E-state index contributed by atoms with van der Waals surface area (Å²) >= 11 is 0. The van der Waals surface area contributed by atoms with Gasteiger partial charge in [0.15, 0.2) is 0 Å². The minimum atomic E-state index is -4.71. The van der Waals surface area contributed by atoms with Gasteiger partial charge in [-0.3, -0.25) is 9.69 Å². The van der Waals surface area contributed by atoms with Crippen molar-refractivity contribution in [1.29, 1.82) is 0 Å². The first kappa shape index (κ1) is 23.6. The smallest absolute Gasteiger partial charge is 0.374 e. The molecule has 3 rings (SSSR count). The standard InChI is InChI=1S/C22H25F3N4O3/c1-15(30)27-17-7-8-20(19(11-17)22(23,24)25)28-21(31)26-12-18-14-29(9-10-32-18)13-16-5-3-2-4-6-16/h2-8,11,18H,9-10,12-14H2,1H3,(H,27,30)(H2,26,28,31). The van der Waals surface area contributed by atoms with Gasteiger partial charge >= 0.3 is 12.2 Å². The van der Waals surface area contributed by atoms with Crippen molar-refractivity contribution in [3.63, 3.8) is 0 Å². The van der Waals surface area contributed by atoms with Crippen molar-refractivity contribution >= 4 is 23.3 Å². The molecule has 0 bridgehead atoms. The highest BCUT2D eigenvalue weighted by atomic mass is 19.4. The van der Waals surface area contributed by atoms with Crippen LogP contribution in [0, 0.1) is 0 Å². The van der Waals surface area contributed by atoms with E-state index in [1.807, 2.05) is 30.3 Å². The summed E-state index contributed by atoms with van der Waals surface area (Å²) in [6, 6.07) is 12.4. The third-order valence-corrected chi connectivity index (χ3v) is 4.86. The molecule has 1 unspecified atom stereocenters. The van der Waals surface area contributed by atoms with Crippen LogP contribution in [0.1, 0.15) is 18.1 Å². The number of halogens is 3. The molecule has 0 aliphatic carbocycles. The molecule has 0 saturated carbocycles. The number of rotatable bonds is 6. The number of hydrogen-bond acceptors (Lipinski definition) is 4. The number of carbonyl (C=O) groups is 2. The summed E-state index contributed by atoms with van der Waals surface area (Å²) in [6.45, 7) is 3.96. The highest BCUT2D eigenvalue weighted by molar-refractivity contribution is 5.92.